The van der Waals surface area contributed by atoms with Crippen molar-refractivity contribution in [3.8, 4) is 39.5 Å². The summed E-state index contributed by atoms with van der Waals surface area (Å²) in [6.07, 6.45) is 10.7. The summed E-state index contributed by atoms with van der Waals surface area (Å²) >= 11 is 0. The van der Waals surface area contributed by atoms with Gasteiger partial charge >= 0.3 is 12.2 Å². The number of nitrogens with zero attached hydrogens (tertiary/aromatic N) is 5. The lowest BCUT2D eigenvalue weighted by Gasteiger charge is -2.44. The van der Waals surface area contributed by atoms with Crippen molar-refractivity contribution >= 4 is 34.9 Å². The molecule has 0 radical (unpaired) electrons. The van der Waals surface area contributed by atoms with Crippen LogP contribution in [0.3, 0.4) is 0 Å². The van der Waals surface area contributed by atoms with Gasteiger partial charge in [0.25, 0.3) is 0 Å². The summed E-state index contributed by atoms with van der Waals surface area (Å²) in [5.74, 6) is 1.74. The average molecular weight is 874 g/mol. The fourth-order valence-electron chi connectivity index (χ4n) is 10.4. The number of aromatic nitrogens is 5. The van der Waals surface area contributed by atoms with Crippen LogP contribution >= 0.6 is 0 Å². The minimum atomic E-state index is -0.706. The Bertz CT molecular complexity index is 2570. The molecule has 6 heterocycles. The number of benzene rings is 2. The largest absolute Gasteiger partial charge is 0.467 e. The van der Waals surface area contributed by atoms with Gasteiger partial charge in [-0.25, -0.2) is 19.6 Å². The number of ether oxygens (including phenoxy) is 3. The van der Waals surface area contributed by atoms with E-state index in [0.717, 1.165) is 114 Å². The molecule has 338 valence electrons. The molecule has 2 saturated heterocycles. The number of nitrogens with one attached hydrogen (secondary N) is 4. The number of amides is 4. The first-order valence-corrected chi connectivity index (χ1v) is 22.8. The molecular weight excluding hydrogens is 815 g/mol. The molecule has 4 N–H and O–H groups in total. The Balaban J connectivity index is 0.991. The van der Waals surface area contributed by atoms with Crippen LogP contribution in [0.2, 0.25) is 0 Å². The van der Waals surface area contributed by atoms with Crippen molar-refractivity contribution in [2.45, 2.75) is 115 Å². The summed E-state index contributed by atoms with van der Waals surface area (Å²) in [4.78, 5) is 72.1. The zero-order valence-electron chi connectivity index (χ0n) is 37.5. The van der Waals surface area contributed by atoms with Crippen LogP contribution < -0.4 is 15.4 Å². The summed E-state index contributed by atoms with van der Waals surface area (Å²) in [6, 6.07) is 13.2. The zero-order valence-corrected chi connectivity index (χ0v) is 37.5. The first-order chi connectivity index (χ1) is 30.9. The number of fused-ring (bicyclic) bond motifs is 6. The molecule has 9 rings (SSSR count). The highest BCUT2D eigenvalue weighted by Gasteiger charge is 2.43. The Morgan fingerprint density at radius 1 is 0.719 bits per heavy atom. The van der Waals surface area contributed by atoms with Gasteiger partial charge in [0.15, 0.2) is 5.72 Å². The Kier molecular flexibility index (Phi) is 11.6. The molecule has 1 aliphatic carbocycles. The van der Waals surface area contributed by atoms with Crippen molar-refractivity contribution < 1.29 is 33.4 Å². The number of alkyl carbamates (subject to hydrolysis) is 2. The van der Waals surface area contributed by atoms with Gasteiger partial charge in [-0.05, 0) is 80.7 Å². The molecule has 4 amide bonds. The number of H-pyrrole nitrogens is 2. The Labute approximate surface area is 372 Å². The fourth-order valence-corrected chi connectivity index (χ4v) is 10.4. The number of rotatable bonds is 10. The summed E-state index contributed by atoms with van der Waals surface area (Å²) in [6.45, 7) is 8.81. The van der Waals surface area contributed by atoms with Crippen LogP contribution in [0.25, 0.3) is 44.7 Å². The van der Waals surface area contributed by atoms with E-state index in [1.54, 1.807) is 0 Å². The number of aromatic amines is 2. The van der Waals surface area contributed by atoms with Gasteiger partial charge in [-0.2, -0.15) is 0 Å². The molecule has 2 aromatic carbocycles. The molecule has 1 spiro atoms. The Morgan fingerprint density at radius 2 is 1.25 bits per heavy atom. The zero-order chi connectivity index (χ0) is 44.9. The molecule has 3 fully saturated rings. The van der Waals surface area contributed by atoms with E-state index in [2.05, 4.69) is 67.6 Å². The van der Waals surface area contributed by atoms with Gasteiger partial charge in [-0.1, -0.05) is 46.2 Å². The Morgan fingerprint density at radius 3 is 1.78 bits per heavy atom. The maximum atomic E-state index is 13.8. The predicted octanol–water partition coefficient (Wildman–Crippen LogP) is 8.19. The number of methoxy groups -OCH3 is 2. The molecule has 4 aliphatic rings. The third-order valence-corrected chi connectivity index (χ3v) is 13.7. The topological polar surface area (TPSA) is 189 Å². The van der Waals surface area contributed by atoms with Crippen LogP contribution in [-0.2, 0) is 24.8 Å². The number of carbonyl (C=O) groups excluding carboxylic acids is 4. The summed E-state index contributed by atoms with van der Waals surface area (Å²) < 4.78 is 19.2. The van der Waals surface area contributed by atoms with Gasteiger partial charge in [0.05, 0.1) is 61.3 Å². The van der Waals surface area contributed by atoms with Gasteiger partial charge in [-0.15, -0.1) is 0 Å². The third-order valence-electron chi connectivity index (χ3n) is 13.7. The number of imidazole rings is 2. The van der Waals surface area contributed by atoms with Crippen molar-refractivity contribution in [2.75, 3.05) is 27.3 Å². The van der Waals surface area contributed by atoms with E-state index in [0.29, 0.717) is 18.9 Å². The quantitative estimate of drug-likeness (QED) is 0.107. The molecule has 1 unspecified atom stereocenters. The molecule has 5 aromatic rings. The lowest BCUT2D eigenvalue weighted by Crippen LogP contribution is -2.51. The van der Waals surface area contributed by atoms with Crippen LogP contribution in [0.5, 0.6) is 5.75 Å². The second-order valence-corrected chi connectivity index (χ2v) is 18.4. The molecule has 3 aromatic heterocycles. The van der Waals surface area contributed by atoms with Crippen molar-refractivity contribution in [2.24, 2.45) is 11.8 Å². The predicted molar refractivity (Wildman–Crippen MR) is 240 cm³/mol. The van der Waals surface area contributed by atoms with Crippen LogP contribution in [0.1, 0.15) is 109 Å². The smallest absolute Gasteiger partial charge is 0.407 e. The molecule has 16 heteroatoms. The second kappa shape index (κ2) is 17.3. The normalized spacial score (nSPS) is 19.9. The highest BCUT2D eigenvalue weighted by atomic mass is 16.5. The van der Waals surface area contributed by atoms with E-state index < -0.39 is 30.0 Å². The molecule has 0 bridgehead atoms. The van der Waals surface area contributed by atoms with E-state index in [1.165, 1.54) is 14.2 Å². The molecular formula is C48H59N9O7. The fraction of sp³-hybridized carbons (Fsp3) is 0.500. The molecule has 1 saturated carbocycles. The van der Waals surface area contributed by atoms with Gasteiger partial charge < -0.3 is 49.2 Å². The van der Waals surface area contributed by atoms with E-state index in [4.69, 9.17) is 24.2 Å². The summed E-state index contributed by atoms with van der Waals surface area (Å²) in [5.41, 5.74) is 6.33. The maximum Gasteiger partial charge on any atom is 0.407 e. The van der Waals surface area contributed by atoms with Gasteiger partial charge in [0, 0.05) is 48.0 Å². The minimum Gasteiger partial charge on any atom is -0.467 e. The third kappa shape index (κ3) is 7.74. The number of hydrogen-bond acceptors (Lipinski definition) is 9. The van der Waals surface area contributed by atoms with Gasteiger partial charge in [0.1, 0.15) is 29.5 Å². The van der Waals surface area contributed by atoms with E-state index in [-0.39, 0.29) is 35.7 Å². The summed E-state index contributed by atoms with van der Waals surface area (Å²) in [5, 5.41) is 6.54. The number of carbonyl (C=O) groups is 4. The van der Waals surface area contributed by atoms with Crippen molar-refractivity contribution in [1.82, 2.24) is 44.9 Å². The highest BCUT2D eigenvalue weighted by molar-refractivity contribution is 5.93. The first kappa shape index (κ1) is 43.0. The monoisotopic (exact) mass is 873 g/mol. The van der Waals surface area contributed by atoms with Crippen molar-refractivity contribution in [1.29, 1.82) is 0 Å². The summed E-state index contributed by atoms with van der Waals surface area (Å²) in [7, 11) is 2.59. The molecule has 3 aliphatic heterocycles. The molecule has 16 nitrogen and oxygen atoms in total. The van der Waals surface area contributed by atoms with Gasteiger partial charge in [-0.3, -0.25) is 9.59 Å². The van der Waals surface area contributed by atoms with Crippen molar-refractivity contribution in [3.05, 3.63) is 66.5 Å². The van der Waals surface area contributed by atoms with E-state index in [1.807, 2.05) is 49.9 Å². The lowest BCUT2D eigenvalue weighted by atomic mass is 9.89. The Hall–Kier alpha value is -6.32. The van der Waals surface area contributed by atoms with E-state index >= 15 is 0 Å². The molecule has 64 heavy (non-hydrogen) atoms. The highest BCUT2D eigenvalue weighted by Crippen LogP contribution is 2.51. The van der Waals surface area contributed by atoms with Gasteiger partial charge in [0.2, 0.25) is 11.8 Å². The van der Waals surface area contributed by atoms with Crippen LogP contribution in [0, 0.1) is 11.8 Å². The SMILES string of the molecule is COC(=O)NC(C(=O)N1CCC[C@H]1c1ncc(-c2ccc3c(c2)cc2n3C3(CCCCC3)Oc3cc(-c4cnc([C@@H]5CCCN5C(=O)[C@@H](NC(=O)OC)C(C)C)[nH]4)ccc3-2)[nH]1)C(C)C. The maximum absolute atomic E-state index is 13.8. The van der Waals surface area contributed by atoms with E-state index in [9.17, 15) is 19.2 Å². The van der Waals surface area contributed by atoms with Crippen LogP contribution in [0.4, 0.5) is 9.59 Å². The second-order valence-electron chi connectivity index (χ2n) is 18.4. The molecule has 4 atom stereocenters. The standard InChI is InChI=1S/C48H59N9O7/c1-27(2)40(53-46(60)62-5)44(58)55-20-10-12-36(55)42-49-25-33(51-42)29-15-17-35-31(22-29)23-38-32-16-14-30(24-39(32)64-48(57(35)38)18-8-7-9-19-48)34-26-50-43(52-34)37-13-11-21-56(37)45(59)41(28(3)4)54-47(61)63-6/h14-17,22-28,36-37,40-41H,7-13,18-21H2,1-6H3,(H,49,51)(H,50,52)(H,53,60)(H,54,61)/t36-,37-,40?,41-/m0/s1. The average Bonchev–Trinajstić information content (AvgIpc) is 4.15. The number of likely N-dealkylation sites (tertiary alicyclic amines) is 2. The minimum absolute atomic E-state index is 0.117. The van der Waals surface area contributed by atoms with Crippen LogP contribution in [-0.4, -0.2) is 97.7 Å². The van der Waals surface area contributed by atoms with Crippen molar-refractivity contribution in [3.63, 3.8) is 0 Å². The van der Waals surface area contributed by atoms with Crippen LogP contribution in [0.15, 0.2) is 54.9 Å². The lowest BCUT2D eigenvalue weighted by molar-refractivity contribution is -0.136. The first-order valence-electron chi connectivity index (χ1n) is 22.8. The number of hydrogen-bond donors (Lipinski definition) is 4.